The van der Waals surface area contributed by atoms with Crippen LogP contribution in [0.2, 0.25) is 0 Å². The van der Waals surface area contributed by atoms with Gasteiger partial charge in [-0.2, -0.15) is 0 Å². The van der Waals surface area contributed by atoms with Gasteiger partial charge in [-0.1, -0.05) is 13.8 Å². The number of carbonyl (C=O) groups excluding carboxylic acids is 3. The Hall–Kier alpha value is -3.26. The molecule has 0 saturated heterocycles. The van der Waals surface area contributed by atoms with Crippen molar-refractivity contribution in [1.82, 2.24) is 16.0 Å². The van der Waals surface area contributed by atoms with Crippen molar-refractivity contribution < 1.29 is 49.2 Å². The lowest BCUT2D eigenvalue weighted by Crippen LogP contribution is -2.58. The van der Waals surface area contributed by atoms with Crippen LogP contribution in [0.4, 0.5) is 0 Å². The van der Waals surface area contributed by atoms with E-state index in [1.807, 2.05) is 5.32 Å². The Morgan fingerprint density at radius 3 is 1.72 bits per heavy atom. The van der Waals surface area contributed by atoms with Crippen molar-refractivity contribution in [3.8, 4) is 0 Å². The Balaban J connectivity index is 5.49. The van der Waals surface area contributed by atoms with Crippen molar-refractivity contribution in [2.45, 2.75) is 63.7 Å². The van der Waals surface area contributed by atoms with Gasteiger partial charge in [0.2, 0.25) is 17.7 Å². The Morgan fingerprint density at radius 2 is 1.28 bits per heavy atom. The number of amides is 3. The van der Waals surface area contributed by atoms with E-state index in [0.29, 0.717) is 0 Å². The van der Waals surface area contributed by atoms with Gasteiger partial charge in [0.15, 0.2) is 0 Å². The van der Waals surface area contributed by atoms with Crippen LogP contribution < -0.4 is 21.7 Å². The SMILES string of the molecule is CC(C)CC(NC(=O)C(N)CO)C(=O)NC(CC(=O)O)C(=O)NC(CCC(=O)O)C(=O)O. The van der Waals surface area contributed by atoms with Gasteiger partial charge in [0.25, 0.3) is 0 Å². The molecule has 0 rings (SSSR count). The lowest BCUT2D eigenvalue weighted by molar-refractivity contribution is -0.144. The molecule has 14 nitrogen and oxygen atoms in total. The number of aliphatic hydroxyl groups is 1. The summed E-state index contributed by atoms with van der Waals surface area (Å²) >= 11 is 0. The van der Waals surface area contributed by atoms with Gasteiger partial charge in [0.05, 0.1) is 13.0 Å². The van der Waals surface area contributed by atoms with Crippen molar-refractivity contribution in [3.63, 3.8) is 0 Å². The molecule has 0 aromatic heterocycles. The number of aliphatic hydroxyl groups excluding tert-OH is 1. The summed E-state index contributed by atoms with van der Waals surface area (Å²) in [6.07, 6.45) is -1.84. The van der Waals surface area contributed by atoms with E-state index in [1.165, 1.54) is 0 Å². The predicted octanol–water partition coefficient (Wildman–Crippen LogP) is -2.77. The minimum absolute atomic E-state index is 0.0908. The molecule has 9 N–H and O–H groups in total. The second-order valence-electron chi connectivity index (χ2n) is 7.47. The van der Waals surface area contributed by atoms with Crippen LogP contribution in [0.3, 0.4) is 0 Å². The first-order valence-electron chi connectivity index (χ1n) is 9.72. The summed E-state index contributed by atoms with van der Waals surface area (Å²) in [5, 5.41) is 42.4. The third kappa shape index (κ3) is 11.2. The monoisotopic (exact) mass is 462 g/mol. The quantitative estimate of drug-likeness (QED) is 0.124. The number of aliphatic carboxylic acids is 3. The maximum atomic E-state index is 12.7. The fourth-order valence-electron chi connectivity index (χ4n) is 2.52. The molecule has 0 saturated carbocycles. The van der Waals surface area contributed by atoms with Crippen LogP contribution in [-0.2, 0) is 28.8 Å². The molecule has 0 radical (unpaired) electrons. The highest BCUT2D eigenvalue weighted by Gasteiger charge is 2.32. The average Bonchev–Trinajstić information content (AvgIpc) is 2.67. The van der Waals surface area contributed by atoms with Crippen molar-refractivity contribution in [1.29, 1.82) is 0 Å². The minimum atomic E-state index is -1.70. The third-order valence-electron chi connectivity index (χ3n) is 4.15. The van der Waals surface area contributed by atoms with E-state index in [9.17, 15) is 28.8 Å². The smallest absolute Gasteiger partial charge is 0.326 e. The van der Waals surface area contributed by atoms with Crippen LogP contribution in [-0.4, -0.2) is 86.8 Å². The van der Waals surface area contributed by atoms with Crippen LogP contribution in [0.1, 0.15) is 39.5 Å². The molecule has 0 spiro atoms. The zero-order chi connectivity index (χ0) is 25.0. The van der Waals surface area contributed by atoms with Gasteiger partial charge < -0.3 is 42.1 Å². The highest BCUT2D eigenvalue weighted by molar-refractivity contribution is 5.95. The number of carbonyl (C=O) groups is 6. The third-order valence-corrected chi connectivity index (χ3v) is 4.15. The molecule has 0 aliphatic rings. The maximum absolute atomic E-state index is 12.7. The fourth-order valence-corrected chi connectivity index (χ4v) is 2.52. The number of nitrogens with one attached hydrogen (secondary N) is 3. The van der Waals surface area contributed by atoms with Crippen LogP contribution in [0.25, 0.3) is 0 Å². The first-order valence-corrected chi connectivity index (χ1v) is 9.72. The molecule has 0 aliphatic carbocycles. The molecule has 0 aromatic rings. The number of hydrogen-bond donors (Lipinski definition) is 8. The van der Waals surface area contributed by atoms with Crippen molar-refractivity contribution in [2.75, 3.05) is 6.61 Å². The van der Waals surface area contributed by atoms with Crippen molar-refractivity contribution in [2.24, 2.45) is 11.7 Å². The lowest BCUT2D eigenvalue weighted by Gasteiger charge is -2.25. The molecule has 0 aliphatic heterocycles. The molecule has 3 amide bonds. The molecular formula is C18H30N4O10. The minimum Gasteiger partial charge on any atom is -0.481 e. The number of hydrogen-bond acceptors (Lipinski definition) is 8. The lowest BCUT2D eigenvalue weighted by atomic mass is 10.0. The van der Waals surface area contributed by atoms with E-state index >= 15 is 0 Å². The highest BCUT2D eigenvalue weighted by Crippen LogP contribution is 2.07. The number of carboxylic acids is 3. The van der Waals surface area contributed by atoms with Gasteiger partial charge in [0, 0.05) is 6.42 Å². The molecule has 32 heavy (non-hydrogen) atoms. The van der Waals surface area contributed by atoms with Crippen molar-refractivity contribution >= 4 is 35.6 Å². The summed E-state index contributed by atoms with van der Waals surface area (Å²) in [5.74, 6) is -7.34. The van der Waals surface area contributed by atoms with E-state index < -0.39 is 85.7 Å². The van der Waals surface area contributed by atoms with E-state index in [-0.39, 0.29) is 12.3 Å². The van der Waals surface area contributed by atoms with Crippen LogP contribution in [0, 0.1) is 5.92 Å². The maximum Gasteiger partial charge on any atom is 0.326 e. The molecule has 4 unspecified atom stereocenters. The van der Waals surface area contributed by atoms with E-state index in [1.54, 1.807) is 13.8 Å². The normalized spacial score (nSPS) is 14.5. The molecular weight excluding hydrogens is 432 g/mol. The van der Waals surface area contributed by atoms with E-state index in [0.717, 1.165) is 0 Å². The molecule has 0 bridgehead atoms. The first-order chi connectivity index (χ1) is 14.8. The second kappa shape index (κ2) is 13.9. The van der Waals surface area contributed by atoms with Crippen LogP contribution >= 0.6 is 0 Å². The molecule has 0 heterocycles. The number of carboxylic acid groups (broad SMARTS) is 3. The van der Waals surface area contributed by atoms with Gasteiger partial charge in [-0.3, -0.25) is 24.0 Å². The summed E-state index contributed by atoms with van der Waals surface area (Å²) in [6.45, 7) is 2.79. The van der Waals surface area contributed by atoms with Crippen molar-refractivity contribution in [3.05, 3.63) is 0 Å². The van der Waals surface area contributed by atoms with Gasteiger partial charge >= 0.3 is 17.9 Å². The standard InChI is InChI=1S/C18H30N4O10/c1-8(2)5-11(21-15(28)9(19)7-23)16(29)22-12(6-14(26)27)17(30)20-10(18(31)32)3-4-13(24)25/h8-12,23H,3-7,19H2,1-2H3,(H,20,30)(H,21,28)(H,22,29)(H,24,25)(H,26,27)(H,31,32). The number of nitrogens with two attached hydrogens (primary N) is 1. The zero-order valence-corrected chi connectivity index (χ0v) is 17.7. The van der Waals surface area contributed by atoms with E-state index in [2.05, 4.69) is 10.6 Å². The molecule has 0 fully saturated rings. The molecule has 0 aromatic carbocycles. The van der Waals surface area contributed by atoms with Crippen LogP contribution in [0.15, 0.2) is 0 Å². The molecule has 4 atom stereocenters. The Bertz CT molecular complexity index is 712. The first kappa shape index (κ1) is 28.7. The van der Waals surface area contributed by atoms with Gasteiger partial charge in [-0.05, 0) is 18.8 Å². The largest absolute Gasteiger partial charge is 0.481 e. The Morgan fingerprint density at radius 1 is 0.781 bits per heavy atom. The summed E-state index contributed by atoms with van der Waals surface area (Å²) in [5.41, 5.74) is 5.41. The highest BCUT2D eigenvalue weighted by atomic mass is 16.4. The second-order valence-corrected chi connectivity index (χ2v) is 7.47. The number of rotatable bonds is 15. The van der Waals surface area contributed by atoms with E-state index in [4.69, 9.17) is 26.2 Å². The van der Waals surface area contributed by atoms with Gasteiger partial charge in [-0.25, -0.2) is 4.79 Å². The van der Waals surface area contributed by atoms with Crippen LogP contribution in [0.5, 0.6) is 0 Å². The molecule has 182 valence electrons. The molecule has 14 heteroatoms. The zero-order valence-electron chi connectivity index (χ0n) is 17.7. The fraction of sp³-hybridized carbons (Fsp3) is 0.667. The van der Waals surface area contributed by atoms with Gasteiger partial charge in [-0.15, -0.1) is 0 Å². The topological polar surface area (TPSA) is 245 Å². The van der Waals surface area contributed by atoms with Gasteiger partial charge in [0.1, 0.15) is 24.2 Å². The Kier molecular flexibility index (Phi) is 12.5. The summed E-state index contributed by atoms with van der Waals surface area (Å²) in [7, 11) is 0. The summed E-state index contributed by atoms with van der Waals surface area (Å²) in [4.78, 5) is 70.1. The summed E-state index contributed by atoms with van der Waals surface area (Å²) in [6, 6.07) is -5.85. The Labute approximate surface area is 183 Å². The summed E-state index contributed by atoms with van der Waals surface area (Å²) < 4.78 is 0. The average molecular weight is 462 g/mol. The predicted molar refractivity (Wildman–Crippen MR) is 107 cm³/mol.